The number of anilines is 1. The molecule has 0 aliphatic rings. The Morgan fingerprint density at radius 1 is 1.22 bits per heavy atom. The van der Waals surface area contributed by atoms with Gasteiger partial charge in [0.05, 0.1) is 23.1 Å². The summed E-state index contributed by atoms with van der Waals surface area (Å²) in [6.07, 6.45) is 3.13. The van der Waals surface area contributed by atoms with E-state index in [-0.39, 0.29) is 11.7 Å². The molecule has 0 saturated carbocycles. The molecule has 23 heavy (non-hydrogen) atoms. The van der Waals surface area contributed by atoms with Gasteiger partial charge in [-0.25, -0.2) is 4.68 Å². The molecular weight excluding hydrogens is 358 g/mol. The van der Waals surface area contributed by atoms with Crippen LogP contribution in [0.25, 0.3) is 5.69 Å². The second kappa shape index (κ2) is 6.26. The average Bonchev–Trinajstić information content (AvgIpc) is 3.02. The Kier molecular flexibility index (Phi) is 4.16. The normalized spacial score (nSPS) is 10.5. The van der Waals surface area contributed by atoms with Crippen LogP contribution in [0.1, 0.15) is 15.9 Å². The van der Waals surface area contributed by atoms with E-state index in [0.29, 0.717) is 11.3 Å². The number of phenolic OH excluding ortho intramolecular Hbond substituents is 1. The number of aryl methyl sites for hydroxylation is 1. The summed E-state index contributed by atoms with van der Waals surface area (Å²) >= 11 is 3.38. The number of aromatic hydroxyl groups is 1. The zero-order valence-corrected chi connectivity index (χ0v) is 13.9. The molecule has 0 atom stereocenters. The van der Waals surface area contributed by atoms with Gasteiger partial charge >= 0.3 is 0 Å². The minimum absolute atomic E-state index is 0.0317. The number of halogens is 1. The summed E-state index contributed by atoms with van der Waals surface area (Å²) in [5.41, 5.74) is 2.59. The van der Waals surface area contributed by atoms with Crippen LogP contribution in [-0.4, -0.2) is 20.8 Å². The summed E-state index contributed by atoms with van der Waals surface area (Å²) in [5, 5.41) is 16.7. The van der Waals surface area contributed by atoms with Crippen LogP contribution in [-0.2, 0) is 0 Å². The molecule has 1 amide bonds. The first-order valence-corrected chi connectivity index (χ1v) is 7.74. The van der Waals surface area contributed by atoms with Crippen LogP contribution in [0, 0.1) is 6.92 Å². The van der Waals surface area contributed by atoms with Gasteiger partial charge in [0.25, 0.3) is 5.91 Å². The minimum Gasteiger partial charge on any atom is -0.506 e. The van der Waals surface area contributed by atoms with Crippen molar-refractivity contribution in [2.45, 2.75) is 6.92 Å². The van der Waals surface area contributed by atoms with Crippen molar-refractivity contribution in [3.63, 3.8) is 0 Å². The molecule has 0 saturated heterocycles. The van der Waals surface area contributed by atoms with Crippen LogP contribution < -0.4 is 5.32 Å². The largest absolute Gasteiger partial charge is 0.506 e. The van der Waals surface area contributed by atoms with E-state index in [4.69, 9.17) is 0 Å². The standard InChI is InChI=1S/C17H14BrN3O2/c1-11-2-7-16(22)15(8-11)20-17(23)12-9-19-21(10-12)14-5-3-13(18)4-6-14/h2-10,22H,1H3,(H,20,23). The van der Waals surface area contributed by atoms with E-state index in [9.17, 15) is 9.90 Å². The maximum atomic E-state index is 12.3. The van der Waals surface area contributed by atoms with Crippen molar-refractivity contribution in [1.82, 2.24) is 9.78 Å². The molecule has 0 aliphatic carbocycles. The Labute approximate surface area is 141 Å². The molecule has 0 bridgehead atoms. The molecule has 3 aromatic rings. The molecule has 116 valence electrons. The summed E-state index contributed by atoms with van der Waals surface area (Å²) < 4.78 is 2.60. The van der Waals surface area contributed by atoms with Crippen molar-refractivity contribution < 1.29 is 9.90 Å². The van der Waals surface area contributed by atoms with Crippen LogP contribution in [0.5, 0.6) is 5.75 Å². The number of carbonyl (C=O) groups is 1. The number of hydrogen-bond donors (Lipinski definition) is 2. The lowest BCUT2D eigenvalue weighted by Crippen LogP contribution is -2.11. The van der Waals surface area contributed by atoms with E-state index < -0.39 is 0 Å². The highest BCUT2D eigenvalue weighted by molar-refractivity contribution is 9.10. The second-order valence-corrected chi connectivity index (χ2v) is 6.04. The molecule has 2 aromatic carbocycles. The number of amides is 1. The van der Waals surface area contributed by atoms with Gasteiger partial charge in [0.1, 0.15) is 5.75 Å². The number of nitrogens with one attached hydrogen (secondary N) is 1. The lowest BCUT2D eigenvalue weighted by atomic mass is 10.2. The molecule has 0 aliphatic heterocycles. The monoisotopic (exact) mass is 371 g/mol. The summed E-state index contributed by atoms with van der Waals surface area (Å²) in [7, 11) is 0. The molecule has 5 nitrogen and oxygen atoms in total. The van der Waals surface area contributed by atoms with Gasteiger partial charge in [-0.3, -0.25) is 4.79 Å². The van der Waals surface area contributed by atoms with Gasteiger partial charge in [-0.1, -0.05) is 22.0 Å². The number of rotatable bonds is 3. The van der Waals surface area contributed by atoms with Crippen LogP contribution in [0.15, 0.2) is 59.3 Å². The van der Waals surface area contributed by atoms with E-state index in [1.54, 1.807) is 29.1 Å². The van der Waals surface area contributed by atoms with Gasteiger partial charge in [-0.05, 0) is 48.9 Å². The van der Waals surface area contributed by atoms with Gasteiger partial charge in [0, 0.05) is 10.7 Å². The molecular formula is C17H14BrN3O2. The molecule has 0 fully saturated rings. The van der Waals surface area contributed by atoms with Crippen molar-refractivity contribution >= 4 is 27.5 Å². The van der Waals surface area contributed by atoms with Crippen molar-refractivity contribution in [2.24, 2.45) is 0 Å². The van der Waals surface area contributed by atoms with Gasteiger partial charge < -0.3 is 10.4 Å². The van der Waals surface area contributed by atoms with Crippen LogP contribution in [0.3, 0.4) is 0 Å². The van der Waals surface area contributed by atoms with E-state index in [1.165, 1.54) is 6.20 Å². The second-order valence-electron chi connectivity index (χ2n) is 5.12. The Hall–Kier alpha value is -2.60. The first-order valence-electron chi connectivity index (χ1n) is 6.94. The third kappa shape index (κ3) is 3.43. The summed E-state index contributed by atoms with van der Waals surface area (Å²) in [6.45, 7) is 1.89. The van der Waals surface area contributed by atoms with Crippen molar-refractivity contribution in [1.29, 1.82) is 0 Å². The van der Waals surface area contributed by atoms with Gasteiger partial charge in [-0.2, -0.15) is 5.10 Å². The van der Waals surface area contributed by atoms with E-state index in [2.05, 4.69) is 26.3 Å². The van der Waals surface area contributed by atoms with Crippen molar-refractivity contribution in [2.75, 3.05) is 5.32 Å². The summed E-state index contributed by atoms with van der Waals surface area (Å²) in [4.78, 5) is 12.3. The first kappa shape index (κ1) is 15.3. The zero-order valence-electron chi connectivity index (χ0n) is 12.3. The fourth-order valence-electron chi connectivity index (χ4n) is 2.12. The Balaban J connectivity index is 1.81. The maximum absolute atomic E-state index is 12.3. The minimum atomic E-state index is -0.325. The van der Waals surface area contributed by atoms with E-state index in [1.807, 2.05) is 31.2 Å². The molecule has 3 rings (SSSR count). The SMILES string of the molecule is Cc1ccc(O)c(NC(=O)c2cnn(-c3ccc(Br)cc3)c2)c1. The summed E-state index contributed by atoms with van der Waals surface area (Å²) in [5.74, 6) is -0.293. The third-order valence-electron chi connectivity index (χ3n) is 3.34. The Bertz CT molecular complexity index is 857. The highest BCUT2D eigenvalue weighted by atomic mass is 79.9. The quantitative estimate of drug-likeness (QED) is 0.686. The first-order chi connectivity index (χ1) is 11.0. The van der Waals surface area contributed by atoms with Crippen LogP contribution >= 0.6 is 15.9 Å². The van der Waals surface area contributed by atoms with Gasteiger partial charge in [-0.15, -0.1) is 0 Å². The van der Waals surface area contributed by atoms with Crippen LogP contribution in [0.2, 0.25) is 0 Å². The van der Waals surface area contributed by atoms with Crippen molar-refractivity contribution in [3.8, 4) is 11.4 Å². The number of carbonyl (C=O) groups excluding carboxylic acids is 1. The molecule has 0 unspecified atom stereocenters. The Morgan fingerprint density at radius 3 is 2.70 bits per heavy atom. The van der Waals surface area contributed by atoms with Gasteiger partial charge in [0.15, 0.2) is 0 Å². The lowest BCUT2D eigenvalue weighted by Gasteiger charge is -2.07. The predicted molar refractivity (Wildman–Crippen MR) is 92.1 cm³/mol. The topological polar surface area (TPSA) is 67.2 Å². The highest BCUT2D eigenvalue weighted by Gasteiger charge is 2.12. The van der Waals surface area contributed by atoms with Crippen LogP contribution in [0.4, 0.5) is 5.69 Å². The fraction of sp³-hybridized carbons (Fsp3) is 0.0588. The number of nitrogens with zero attached hydrogens (tertiary/aromatic N) is 2. The Morgan fingerprint density at radius 2 is 1.96 bits per heavy atom. The van der Waals surface area contributed by atoms with Crippen molar-refractivity contribution in [3.05, 3.63) is 70.5 Å². The maximum Gasteiger partial charge on any atom is 0.258 e. The van der Waals surface area contributed by atoms with E-state index in [0.717, 1.165) is 15.7 Å². The number of benzene rings is 2. The van der Waals surface area contributed by atoms with E-state index >= 15 is 0 Å². The summed E-state index contributed by atoms with van der Waals surface area (Å²) in [6, 6.07) is 12.6. The predicted octanol–water partition coefficient (Wildman–Crippen LogP) is 3.90. The molecule has 6 heteroatoms. The fourth-order valence-corrected chi connectivity index (χ4v) is 2.38. The third-order valence-corrected chi connectivity index (χ3v) is 3.86. The molecule has 0 radical (unpaired) electrons. The molecule has 1 heterocycles. The number of phenols is 1. The lowest BCUT2D eigenvalue weighted by molar-refractivity contribution is 0.102. The average molecular weight is 372 g/mol. The zero-order chi connectivity index (χ0) is 16.4. The smallest absolute Gasteiger partial charge is 0.258 e. The molecule has 2 N–H and O–H groups in total. The number of aromatic nitrogens is 2. The van der Waals surface area contributed by atoms with Gasteiger partial charge in [0.2, 0.25) is 0 Å². The number of hydrogen-bond acceptors (Lipinski definition) is 3. The molecule has 1 aromatic heterocycles. The highest BCUT2D eigenvalue weighted by Crippen LogP contribution is 2.24. The molecule has 0 spiro atoms.